The Morgan fingerprint density at radius 3 is 2.79 bits per heavy atom. The molecule has 4 unspecified atom stereocenters. The van der Waals surface area contributed by atoms with Gasteiger partial charge in [-0.15, -0.1) is 16.6 Å². The molecule has 0 aliphatic carbocycles. The molecule has 210 valence electrons. The maximum atomic E-state index is 10.4. The van der Waals surface area contributed by atoms with E-state index in [1.54, 1.807) is 13.0 Å². The quantitative estimate of drug-likeness (QED) is 0.157. The molecule has 6 N–H and O–H groups in total. The van der Waals surface area contributed by atoms with Crippen LogP contribution in [0.25, 0.3) is 0 Å². The van der Waals surface area contributed by atoms with Gasteiger partial charge >= 0.3 is 0 Å². The van der Waals surface area contributed by atoms with Crippen molar-refractivity contribution in [1.82, 2.24) is 10.6 Å². The molecule has 4 atom stereocenters. The van der Waals surface area contributed by atoms with E-state index in [9.17, 15) is 15.3 Å². The minimum Gasteiger partial charge on any atom is -0.504 e. The number of phenolic OH excluding ortho intramolecular Hbond substituents is 1. The normalized spacial score (nSPS) is 19.5. The Bertz CT molecular complexity index is 961. The van der Waals surface area contributed by atoms with Gasteiger partial charge in [-0.25, -0.2) is 0 Å². The summed E-state index contributed by atoms with van der Waals surface area (Å²) in [5, 5.41) is 36.1. The number of phenols is 1. The summed E-state index contributed by atoms with van der Waals surface area (Å²) in [6.07, 6.45) is 11.5. The van der Waals surface area contributed by atoms with Crippen LogP contribution >= 0.6 is 0 Å². The number of allylic oxidation sites excluding steroid dienone is 1. The highest BCUT2D eigenvalue weighted by molar-refractivity contribution is 5.83. The van der Waals surface area contributed by atoms with Crippen molar-refractivity contribution in [3.05, 3.63) is 59.2 Å². The van der Waals surface area contributed by atoms with Crippen molar-refractivity contribution in [2.75, 3.05) is 33.4 Å². The molecular formula is C30H46N3O5+. The predicted octanol–water partition coefficient (Wildman–Crippen LogP) is 2.99. The molecule has 1 aromatic rings. The highest BCUT2D eigenvalue weighted by Gasteiger charge is 2.32. The first kappa shape index (κ1) is 30.1. The lowest BCUT2D eigenvalue weighted by Crippen LogP contribution is -2.33. The van der Waals surface area contributed by atoms with Crippen LogP contribution in [0.15, 0.2) is 46.6 Å². The fraction of sp³-hybridized carbons (Fsp3) is 0.567. The van der Waals surface area contributed by atoms with E-state index >= 15 is 0 Å². The van der Waals surface area contributed by atoms with Gasteiger partial charge in [0.15, 0.2) is 23.2 Å². The molecule has 2 aliphatic heterocycles. The van der Waals surface area contributed by atoms with E-state index in [1.807, 2.05) is 31.5 Å². The molecule has 8 nitrogen and oxygen atoms in total. The Hall–Kier alpha value is -2.49. The number of nitrogens with one attached hydrogen (secondary N) is 2. The van der Waals surface area contributed by atoms with E-state index in [0.717, 1.165) is 67.5 Å². The molecule has 0 aromatic heterocycles. The SMILES string of the molecule is CCCCC1[OH+][C-](CCc2ccc(O)c(OCC(NC)C3=C[C+](C(C)CNCC(C)O)C=N3)c2)C=C1CO. The van der Waals surface area contributed by atoms with Gasteiger partial charge in [0, 0.05) is 26.1 Å². The van der Waals surface area contributed by atoms with Gasteiger partial charge in [0.05, 0.1) is 18.1 Å². The van der Waals surface area contributed by atoms with Gasteiger partial charge in [-0.05, 0) is 57.9 Å². The number of ether oxygens (including phenoxy) is 2. The van der Waals surface area contributed by atoms with Gasteiger partial charge in [0.1, 0.15) is 30.9 Å². The van der Waals surface area contributed by atoms with Crippen LogP contribution < -0.4 is 15.4 Å². The van der Waals surface area contributed by atoms with Crippen molar-refractivity contribution < 1.29 is 24.8 Å². The van der Waals surface area contributed by atoms with E-state index in [2.05, 4.69) is 35.5 Å². The summed E-state index contributed by atoms with van der Waals surface area (Å²) in [5.41, 5.74) is 2.96. The molecule has 8 heteroatoms. The second-order valence-electron chi connectivity index (χ2n) is 10.3. The molecule has 0 radical (unpaired) electrons. The van der Waals surface area contributed by atoms with Crippen molar-refractivity contribution in [3.63, 3.8) is 0 Å². The third-order valence-electron chi connectivity index (χ3n) is 7.06. The third-order valence-corrected chi connectivity index (χ3v) is 7.06. The highest BCUT2D eigenvalue weighted by atomic mass is 16.5. The summed E-state index contributed by atoms with van der Waals surface area (Å²) in [6.45, 7) is 7.78. The number of hydrogen-bond donors (Lipinski definition) is 5. The maximum Gasteiger partial charge on any atom is 0.196 e. The second kappa shape index (κ2) is 15.2. The minimum atomic E-state index is -0.369. The number of unbranched alkanes of at least 4 members (excludes halogenated alkanes) is 1. The number of nitrogens with zero attached hydrogens (tertiary/aromatic N) is 1. The molecule has 38 heavy (non-hydrogen) atoms. The van der Waals surface area contributed by atoms with Crippen LogP contribution in [0, 0.1) is 17.9 Å². The summed E-state index contributed by atoms with van der Waals surface area (Å²) in [5.74, 6) is 1.96. The summed E-state index contributed by atoms with van der Waals surface area (Å²) >= 11 is 0. The van der Waals surface area contributed by atoms with Gasteiger partial charge in [-0.1, -0.05) is 19.4 Å². The third kappa shape index (κ3) is 8.78. The summed E-state index contributed by atoms with van der Waals surface area (Å²) in [4.78, 5) is 4.60. The first-order valence-corrected chi connectivity index (χ1v) is 13.9. The lowest BCUT2D eigenvalue weighted by Gasteiger charge is -2.19. The van der Waals surface area contributed by atoms with Crippen LogP contribution in [0.2, 0.25) is 0 Å². The number of aliphatic hydroxyl groups excluding tert-OH is 2. The van der Waals surface area contributed by atoms with Crippen molar-refractivity contribution in [1.29, 1.82) is 0 Å². The Balaban J connectivity index is 1.52. The predicted molar refractivity (Wildman–Crippen MR) is 152 cm³/mol. The van der Waals surface area contributed by atoms with Crippen LogP contribution in [-0.4, -0.2) is 77.9 Å². The largest absolute Gasteiger partial charge is 0.504 e. The Labute approximate surface area is 227 Å². The fourth-order valence-electron chi connectivity index (χ4n) is 4.64. The number of rotatable bonds is 17. The zero-order valence-corrected chi connectivity index (χ0v) is 23.3. The second-order valence-corrected chi connectivity index (χ2v) is 10.3. The van der Waals surface area contributed by atoms with Crippen molar-refractivity contribution in [2.24, 2.45) is 10.9 Å². The van der Waals surface area contributed by atoms with E-state index in [4.69, 9.17) is 9.47 Å². The Morgan fingerprint density at radius 1 is 1.26 bits per heavy atom. The van der Waals surface area contributed by atoms with E-state index in [1.165, 1.54) is 0 Å². The lowest BCUT2D eigenvalue weighted by molar-refractivity contribution is -0.0550. The Morgan fingerprint density at radius 2 is 2.08 bits per heavy atom. The molecule has 0 fully saturated rings. The van der Waals surface area contributed by atoms with E-state index in [-0.39, 0.29) is 36.5 Å². The van der Waals surface area contributed by atoms with Gasteiger partial charge in [-0.3, -0.25) is 5.32 Å². The monoisotopic (exact) mass is 528 g/mol. The number of aromatic hydroxyl groups is 1. The molecule has 2 aliphatic rings. The first-order chi connectivity index (χ1) is 18.3. The first-order valence-electron chi connectivity index (χ1n) is 13.9. The number of hydrogen-bond acceptors (Lipinski definition) is 7. The molecule has 0 amide bonds. The van der Waals surface area contributed by atoms with Crippen molar-refractivity contribution in [3.8, 4) is 11.5 Å². The molecule has 0 spiro atoms. The number of aryl methyl sites for hydroxylation is 1. The van der Waals surface area contributed by atoms with Gasteiger partial charge < -0.3 is 30.1 Å². The molecule has 0 saturated carbocycles. The van der Waals surface area contributed by atoms with Crippen LogP contribution in [0.3, 0.4) is 0 Å². The van der Waals surface area contributed by atoms with Gasteiger partial charge in [0.2, 0.25) is 0 Å². The van der Waals surface area contributed by atoms with Crippen LogP contribution in [-0.2, 0) is 6.42 Å². The number of likely N-dealkylation sites (N-methyl/N-ethyl adjacent to an activating group) is 1. The molecule has 2 heterocycles. The van der Waals surface area contributed by atoms with E-state index < -0.39 is 0 Å². The standard InChI is InChI=1S/C30H45N3O5/c1-5-6-7-29-24(18-34)13-25(38-29)10-8-22-9-11-28(36)30(12-22)37-19-27(31-4)26-14-23(17-33-26)20(2)15-32-16-21(3)35/h9,11-14,17,20-21,27,29,31-32,34-35,38H,5-8,10,15-16,18-19H2,1-4H3/p+1. The molecule has 3 rings (SSSR count). The number of benzene rings is 1. The number of aliphatic hydroxyl groups is 4. The minimum absolute atomic E-state index is 0.0593. The van der Waals surface area contributed by atoms with Gasteiger partial charge in [-0.2, -0.15) is 0 Å². The smallest absolute Gasteiger partial charge is 0.196 e. The van der Waals surface area contributed by atoms with Crippen molar-refractivity contribution in [2.45, 2.75) is 71.1 Å². The summed E-state index contributed by atoms with van der Waals surface area (Å²) in [7, 11) is 1.87. The molecule has 0 saturated heterocycles. The molecule has 1 aromatic carbocycles. The lowest BCUT2D eigenvalue weighted by atomic mass is 9.95. The average molecular weight is 529 g/mol. The van der Waals surface area contributed by atoms with Gasteiger partial charge in [0.25, 0.3) is 0 Å². The fourth-order valence-corrected chi connectivity index (χ4v) is 4.64. The zero-order valence-electron chi connectivity index (χ0n) is 23.3. The summed E-state index contributed by atoms with van der Waals surface area (Å²) in [6, 6.07) is 5.35. The highest BCUT2D eigenvalue weighted by Crippen LogP contribution is 2.32. The van der Waals surface area contributed by atoms with Crippen LogP contribution in [0.5, 0.6) is 11.5 Å². The Kier molecular flexibility index (Phi) is 12.0. The van der Waals surface area contributed by atoms with Crippen LogP contribution in [0.4, 0.5) is 0 Å². The topological polar surface area (TPSA) is 119 Å². The van der Waals surface area contributed by atoms with E-state index in [0.29, 0.717) is 18.9 Å². The zero-order chi connectivity index (χ0) is 27.5. The number of aliphatic imine (C=N–C) groups is 1. The molecular weight excluding hydrogens is 482 g/mol. The molecule has 0 bridgehead atoms. The van der Waals surface area contributed by atoms with Crippen molar-refractivity contribution >= 4 is 6.21 Å². The van der Waals surface area contributed by atoms with Crippen LogP contribution in [0.1, 0.15) is 52.0 Å². The maximum absolute atomic E-state index is 10.4. The summed E-state index contributed by atoms with van der Waals surface area (Å²) < 4.78 is 10.9. The average Bonchev–Trinajstić information content (AvgIpc) is 3.55.